The third kappa shape index (κ3) is 5.83. The van der Waals surface area contributed by atoms with Crippen LogP contribution in [-0.2, 0) is 11.4 Å². The van der Waals surface area contributed by atoms with Gasteiger partial charge in [0.2, 0.25) is 0 Å². The topological polar surface area (TPSA) is 62.1 Å². The van der Waals surface area contributed by atoms with Crippen molar-refractivity contribution < 1.29 is 9.53 Å². The third-order valence-corrected chi connectivity index (χ3v) is 5.77. The van der Waals surface area contributed by atoms with Gasteiger partial charge < -0.3 is 10.1 Å². The van der Waals surface area contributed by atoms with Crippen LogP contribution in [0.25, 0.3) is 6.08 Å². The fraction of sp³-hybridized carbons (Fsp3) is 0.120. The van der Waals surface area contributed by atoms with Crippen LogP contribution in [0.5, 0.6) is 5.75 Å². The molecular formula is C25H19Cl3N2O2. The van der Waals surface area contributed by atoms with Gasteiger partial charge in [0.05, 0.1) is 5.02 Å². The summed E-state index contributed by atoms with van der Waals surface area (Å²) in [4.78, 5) is 12.6. The minimum absolute atomic E-state index is 0.0383. The molecule has 3 aromatic carbocycles. The number of rotatable bonds is 6. The number of nitrogens with one attached hydrogen (secondary N) is 1. The Morgan fingerprint density at radius 3 is 2.53 bits per heavy atom. The van der Waals surface area contributed by atoms with Crippen LogP contribution in [0, 0.1) is 25.2 Å². The highest BCUT2D eigenvalue weighted by atomic mass is 35.5. The number of benzene rings is 3. The Bertz CT molecular complexity index is 1250. The van der Waals surface area contributed by atoms with E-state index < -0.39 is 5.91 Å². The average Bonchev–Trinajstić information content (AvgIpc) is 2.75. The summed E-state index contributed by atoms with van der Waals surface area (Å²) in [5, 5.41) is 13.7. The van der Waals surface area contributed by atoms with Gasteiger partial charge in [-0.15, -0.1) is 0 Å². The molecule has 1 N–H and O–H groups in total. The molecule has 0 radical (unpaired) electrons. The number of anilines is 1. The van der Waals surface area contributed by atoms with Gasteiger partial charge >= 0.3 is 0 Å². The van der Waals surface area contributed by atoms with Gasteiger partial charge in [-0.1, -0.05) is 59.1 Å². The molecule has 0 bridgehead atoms. The van der Waals surface area contributed by atoms with E-state index in [9.17, 15) is 10.1 Å². The molecule has 0 aromatic heterocycles. The second-order valence-corrected chi connectivity index (χ2v) is 8.34. The number of aryl methyl sites for hydroxylation is 1. The SMILES string of the molecule is Cc1cccc(NC(=O)/C(C#N)=C/c2ccc(OCc3ccc(Cl)cc3Cl)c(Cl)c2)c1C. The first-order chi connectivity index (χ1) is 15.3. The lowest BCUT2D eigenvalue weighted by atomic mass is 10.1. The number of ether oxygens (including phenoxy) is 1. The molecule has 0 fully saturated rings. The van der Waals surface area contributed by atoms with E-state index in [-0.39, 0.29) is 12.2 Å². The normalized spacial score (nSPS) is 11.1. The molecule has 0 aliphatic rings. The van der Waals surface area contributed by atoms with E-state index in [1.807, 2.05) is 32.0 Å². The van der Waals surface area contributed by atoms with Crippen molar-refractivity contribution in [3.63, 3.8) is 0 Å². The first-order valence-corrected chi connectivity index (χ1v) is 10.8. The standard InChI is InChI=1S/C25H19Cl3N2O2/c1-15-4-3-5-23(16(15)2)30-25(31)19(13-29)10-17-6-9-24(22(28)11-17)32-14-18-7-8-20(26)12-21(18)27/h3-12H,14H2,1-2H3,(H,30,31)/b19-10+. The lowest BCUT2D eigenvalue weighted by molar-refractivity contribution is -0.112. The Kier molecular flexibility index (Phi) is 7.82. The summed E-state index contributed by atoms with van der Waals surface area (Å²) in [7, 11) is 0. The van der Waals surface area contributed by atoms with E-state index in [0.717, 1.165) is 16.7 Å². The van der Waals surface area contributed by atoms with Gasteiger partial charge in [0.15, 0.2) is 0 Å². The molecule has 4 nitrogen and oxygen atoms in total. The number of hydrogen-bond acceptors (Lipinski definition) is 3. The Hall–Kier alpha value is -2.97. The first-order valence-electron chi connectivity index (χ1n) is 9.64. The molecule has 0 saturated carbocycles. The lowest BCUT2D eigenvalue weighted by Gasteiger charge is -2.11. The molecule has 7 heteroatoms. The molecule has 1 amide bonds. The minimum atomic E-state index is -0.491. The number of amides is 1. The molecule has 0 spiro atoms. The number of carbonyl (C=O) groups is 1. The Balaban J connectivity index is 1.74. The minimum Gasteiger partial charge on any atom is -0.487 e. The predicted octanol–water partition coefficient (Wildman–Crippen LogP) is 7.39. The fourth-order valence-corrected chi connectivity index (χ4v) is 3.62. The summed E-state index contributed by atoms with van der Waals surface area (Å²) in [6.07, 6.45) is 1.48. The maximum atomic E-state index is 12.6. The molecule has 0 heterocycles. The molecule has 0 atom stereocenters. The average molecular weight is 486 g/mol. The fourth-order valence-electron chi connectivity index (χ4n) is 2.91. The summed E-state index contributed by atoms with van der Waals surface area (Å²) >= 11 is 18.4. The number of hydrogen-bond donors (Lipinski definition) is 1. The molecule has 0 aliphatic carbocycles. The van der Waals surface area contributed by atoms with Crippen molar-refractivity contribution in [2.45, 2.75) is 20.5 Å². The molecule has 3 aromatic rings. The maximum Gasteiger partial charge on any atom is 0.266 e. The quantitative estimate of drug-likeness (QED) is 0.292. The highest BCUT2D eigenvalue weighted by Gasteiger charge is 2.12. The number of nitrogens with zero attached hydrogens (tertiary/aromatic N) is 1. The Labute approximate surface area is 202 Å². The van der Waals surface area contributed by atoms with E-state index in [2.05, 4.69) is 5.32 Å². The van der Waals surface area contributed by atoms with E-state index in [1.54, 1.807) is 42.5 Å². The molecule has 32 heavy (non-hydrogen) atoms. The largest absolute Gasteiger partial charge is 0.487 e. The summed E-state index contributed by atoms with van der Waals surface area (Å²) in [6.45, 7) is 4.08. The zero-order valence-electron chi connectivity index (χ0n) is 17.4. The highest BCUT2D eigenvalue weighted by Crippen LogP contribution is 2.29. The van der Waals surface area contributed by atoms with Crippen LogP contribution in [0.4, 0.5) is 5.69 Å². The number of carbonyl (C=O) groups excluding carboxylic acids is 1. The van der Waals surface area contributed by atoms with E-state index in [0.29, 0.717) is 32.1 Å². The van der Waals surface area contributed by atoms with Gasteiger partial charge in [-0.05, 0) is 66.9 Å². The predicted molar refractivity (Wildman–Crippen MR) is 130 cm³/mol. The van der Waals surface area contributed by atoms with Crippen LogP contribution in [0.1, 0.15) is 22.3 Å². The van der Waals surface area contributed by atoms with Crippen LogP contribution in [0.2, 0.25) is 15.1 Å². The van der Waals surface area contributed by atoms with Crippen molar-refractivity contribution in [1.29, 1.82) is 5.26 Å². The number of nitriles is 1. The lowest BCUT2D eigenvalue weighted by Crippen LogP contribution is -2.14. The Morgan fingerprint density at radius 1 is 1.06 bits per heavy atom. The summed E-state index contributed by atoms with van der Waals surface area (Å²) < 4.78 is 5.76. The monoisotopic (exact) mass is 484 g/mol. The molecule has 0 aliphatic heterocycles. The van der Waals surface area contributed by atoms with Crippen LogP contribution in [0.3, 0.4) is 0 Å². The van der Waals surface area contributed by atoms with Crippen LogP contribution in [-0.4, -0.2) is 5.91 Å². The summed E-state index contributed by atoms with van der Waals surface area (Å²) in [6, 6.07) is 17.7. The second-order valence-electron chi connectivity index (χ2n) is 7.09. The van der Waals surface area contributed by atoms with Crippen molar-refractivity contribution in [3.8, 4) is 11.8 Å². The molecule has 0 unspecified atom stereocenters. The van der Waals surface area contributed by atoms with Gasteiger partial charge in [0.25, 0.3) is 5.91 Å². The smallest absolute Gasteiger partial charge is 0.266 e. The van der Waals surface area contributed by atoms with Gasteiger partial charge in [0, 0.05) is 21.3 Å². The van der Waals surface area contributed by atoms with E-state index in [4.69, 9.17) is 39.5 Å². The summed E-state index contributed by atoms with van der Waals surface area (Å²) in [5.74, 6) is -0.0387. The zero-order valence-corrected chi connectivity index (χ0v) is 19.6. The molecular weight excluding hydrogens is 467 g/mol. The van der Waals surface area contributed by atoms with Gasteiger partial charge in [0.1, 0.15) is 24.0 Å². The first kappa shape index (κ1) is 23.7. The van der Waals surface area contributed by atoms with Gasteiger partial charge in [-0.25, -0.2) is 0 Å². The molecule has 162 valence electrons. The van der Waals surface area contributed by atoms with Crippen molar-refractivity contribution in [2.75, 3.05) is 5.32 Å². The van der Waals surface area contributed by atoms with Crippen LogP contribution >= 0.6 is 34.8 Å². The molecule has 0 saturated heterocycles. The van der Waals surface area contributed by atoms with Crippen molar-refractivity contribution >= 4 is 52.5 Å². The van der Waals surface area contributed by atoms with Crippen molar-refractivity contribution in [1.82, 2.24) is 0 Å². The second kappa shape index (κ2) is 10.6. The third-order valence-electron chi connectivity index (χ3n) is 4.88. The van der Waals surface area contributed by atoms with Gasteiger partial charge in [-0.2, -0.15) is 5.26 Å². The molecule has 3 rings (SSSR count). The number of halogens is 3. The van der Waals surface area contributed by atoms with Crippen molar-refractivity contribution in [3.05, 3.63) is 97.5 Å². The van der Waals surface area contributed by atoms with E-state index in [1.165, 1.54) is 6.08 Å². The Morgan fingerprint density at radius 2 is 1.84 bits per heavy atom. The zero-order chi connectivity index (χ0) is 23.3. The van der Waals surface area contributed by atoms with Gasteiger partial charge in [-0.3, -0.25) is 4.79 Å². The van der Waals surface area contributed by atoms with E-state index >= 15 is 0 Å². The maximum absolute atomic E-state index is 12.6. The summed E-state index contributed by atoms with van der Waals surface area (Å²) in [5.41, 5.74) is 3.99. The van der Waals surface area contributed by atoms with Crippen LogP contribution in [0.15, 0.2) is 60.2 Å². The van der Waals surface area contributed by atoms with Crippen molar-refractivity contribution in [2.24, 2.45) is 0 Å². The highest BCUT2D eigenvalue weighted by molar-refractivity contribution is 6.35. The van der Waals surface area contributed by atoms with Crippen LogP contribution < -0.4 is 10.1 Å².